The smallest absolute Gasteiger partial charge is 0.270 e. The first-order valence-corrected chi connectivity index (χ1v) is 7.86. The lowest BCUT2D eigenvalue weighted by atomic mass is 10.2. The standard InChI is InChI=1S/C13H16IN3O2S/c14-11-6-2-1-5-10(11)12(18)16-17-13(20)15-8-9-4-3-7-19-9/h1-2,5-6,9H,3-4,7-8H2,(H,16,18)(H2,15,17,20)/t9-/m1/s1. The fourth-order valence-corrected chi connectivity index (χ4v) is 2.65. The van der Waals surface area contributed by atoms with E-state index in [9.17, 15) is 4.79 Å². The number of halogens is 1. The van der Waals surface area contributed by atoms with Crippen LogP contribution in [0.15, 0.2) is 24.3 Å². The lowest BCUT2D eigenvalue weighted by Gasteiger charge is -2.14. The van der Waals surface area contributed by atoms with E-state index in [0.717, 1.165) is 23.0 Å². The molecule has 7 heteroatoms. The van der Waals surface area contributed by atoms with Gasteiger partial charge in [0.2, 0.25) is 0 Å². The molecule has 0 aromatic heterocycles. The Balaban J connectivity index is 1.72. The lowest BCUT2D eigenvalue weighted by Crippen LogP contribution is -2.48. The number of hydrogen-bond donors (Lipinski definition) is 3. The highest BCUT2D eigenvalue weighted by atomic mass is 127. The Morgan fingerprint density at radius 2 is 2.20 bits per heavy atom. The van der Waals surface area contributed by atoms with Gasteiger partial charge in [0.25, 0.3) is 5.91 Å². The van der Waals surface area contributed by atoms with Crippen molar-refractivity contribution in [3.63, 3.8) is 0 Å². The molecule has 0 radical (unpaired) electrons. The predicted octanol–water partition coefficient (Wildman–Crippen LogP) is 1.58. The molecule has 3 N–H and O–H groups in total. The average Bonchev–Trinajstić information content (AvgIpc) is 2.96. The fourth-order valence-electron chi connectivity index (χ4n) is 1.88. The molecule has 2 rings (SSSR count). The lowest BCUT2D eigenvalue weighted by molar-refractivity contribution is 0.0942. The number of thiocarbonyl (C=S) groups is 1. The van der Waals surface area contributed by atoms with Crippen LogP contribution in [0.1, 0.15) is 23.2 Å². The first-order valence-electron chi connectivity index (χ1n) is 6.37. The van der Waals surface area contributed by atoms with E-state index in [1.165, 1.54) is 0 Å². The SMILES string of the molecule is O=C(NNC(=S)NC[C@H]1CCCO1)c1ccccc1I. The van der Waals surface area contributed by atoms with Crippen molar-refractivity contribution in [3.05, 3.63) is 33.4 Å². The van der Waals surface area contributed by atoms with Gasteiger partial charge in [0.15, 0.2) is 5.11 Å². The Labute approximate surface area is 136 Å². The van der Waals surface area contributed by atoms with Gasteiger partial charge in [0.1, 0.15) is 0 Å². The molecule has 5 nitrogen and oxygen atoms in total. The summed E-state index contributed by atoms with van der Waals surface area (Å²) in [4.78, 5) is 11.9. The van der Waals surface area contributed by atoms with Crippen molar-refractivity contribution in [2.75, 3.05) is 13.2 Å². The van der Waals surface area contributed by atoms with Gasteiger partial charge in [-0.1, -0.05) is 12.1 Å². The summed E-state index contributed by atoms with van der Waals surface area (Å²) in [6.07, 6.45) is 2.35. The number of ether oxygens (including phenoxy) is 1. The Bertz CT molecular complexity index is 492. The van der Waals surface area contributed by atoms with Crippen LogP contribution in [-0.2, 0) is 4.74 Å². The predicted molar refractivity (Wildman–Crippen MR) is 89.3 cm³/mol. The van der Waals surface area contributed by atoms with Crippen LogP contribution in [0.2, 0.25) is 0 Å². The van der Waals surface area contributed by atoms with E-state index in [1.54, 1.807) is 6.07 Å². The maximum Gasteiger partial charge on any atom is 0.270 e. The van der Waals surface area contributed by atoms with Crippen molar-refractivity contribution in [1.82, 2.24) is 16.2 Å². The molecule has 1 amide bonds. The van der Waals surface area contributed by atoms with E-state index >= 15 is 0 Å². The van der Waals surface area contributed by atoms with Crippen molar-refractivity contribution in [2.45, 2.75) is 18.9 Å². The summed E-state index contributed by atoms with van der Waals surface area (Å²) in [5.41, 5.74) is 5.88. The number of hydrogen-bond acceptors (Lipinski definition) is 3. The van der Waals surface area contributed by atoms with E-state index in [0.29, 0.717) is 17.2 Å². The first-order chi connectivity index (χ1) is 9.66. The van der Waals surface area contributed by atoms with Gasteiger partial charge < -0.3 is 10.1 Å². The average molecular weight is 405 g/mol. The van der Waals surface area contributed by atoms with Crippen molar-refractivity contribution in [3.8, 4) is 0 Å². The molecule has 0 bridgehead atoms. The van der Waals surface area contributed by atoms with Crippen molar-refractivity contribution >= 4 is 45.8 Å². The molecule has 1 atom stereocenters. The van der Waals surface area contributed by atoms with Crippen LogP contribution in [0.25, 0.3) is 0 Å². The number of rotatable bonds is 3. The van der Waals surface area contributed by atoms with Crippen molar-refractivity contribution < 1.29 is 9.53 Å². The maximum atomic E-state index is 11.9. The zero-order valence-electron chi connectivity index (χ0n) is 10.8. The second kappa shape index (κ2) is 7.75. The Hall–Kier alpha value is -0.930. The summed E-state index contributed by atoms with van der Waals surface area (Å²) in [6, 6.07) is 7.36. The molecule has 20 heavy (non-hydrogen) atoms. The van der Waals surface area contributed by atoms with Gasteiger partial charge in [-0.2, -0.15) is 0 Å². The highest BCUT2D eigenvalue weighted by Crippen LogP contribution is 2.11. The van der Waals surface area contributed by atoms with Crippen LogP contribution in [0, 0.1) is 3.57 Å². The fraction of sp³-hybridized carbons (Fsp3) is 0.385. The Morgan fingerprint density at radius 3 is 2.90 bits per heavy atom. The minimum Gasteiger partial charge on any atom is -0.376 e. The number of carbonyl (C=O) groups excluding carboxylic acids is 1. The normalized spacial score (nSPS) is 17.6. The molecule has 108 valence electrons. The van der Waals surface area contributed by atoms with Crippen molar-refractivity contribution in [2.24, 2.45) is 0 Å². The van der Waals surface area contributed by atoms with Crippen LogP contribution in [-0.4, -0.2) is 30.3 Å². The second-order valence-electron chi connectivity index (χ2n) is 4.40. The summed E-state index contributed by atoms with van der Waals surface area (Å²) in [5, 5.41) is 3.41. The van der Waals surface area contributed by atoms with Crippen LogP contribution >= 0.6 is 34.8 Å². The van der Waals surface area contributed by atoms with E-state index in [4.69, 9.17) is 17.0 Å². The summed E-state index contributed by atoms with van der Waals surface area (Å²) < 4.78 is 6.37. The highest BCUT2D eigenvalue weighted by molar-refractivity contribution is 14.1. The number of nitrogens with one attached hydrogen (secondary N) is 3. The zero-order chi connectivity index (χ0) is 14.4. The third kappa shape index (κ3) is 4.57. The summed E-state index contributed by atoms with van der Waals surface area (Å²) in [6.45, 7) is 1.47. The van der Waals surface area contributed by atoms with Gasteiger partial charge in [-0.3, -0.25) is 15.6 Å². The topological polar surface area (TPSA) is 62.4 Å². The molecule has 1 aliphatic rings. The monoisotopic (exact) mass is 405 g/mol. The highest BCUT2D eigenvalue weighted by Gasteiger charge is 2.15. The van der Waals surface area contributed by atoms with Crippen LogP contribution in [0.5, 0.6) is 0 Å². The zero-order valence-corrected chi connectivity index (χ0v) is 13.8. The molecule has 1 fully saturated rings. The summed E-state index contributed by atoms with van der Waals surface area (Å²) in [7, 11) is 0. The molecule has 1 saturated heterocycles. The Kier molecular flexibility index (Phi) is 5.99. The molecule has 0 aliphatic carbocycles. The number of carbonyl (C=O) groups is 1. The maximum absolute atomic E-state index is 11.9. The Morgan fingerprint density at radius 1 is 1.40 bits per heavy atom. The van der Waals surface area contributed by atoms with Gasteiger partial charge in [-0.15, -0.1) is 0 Å². The molecule has 0 unspecified atom stereocenters. The van der Waals surface area contributed by atoms with E-state index < -0.39 is 0 Å². The number of benzene rings is 1. The van der Waals surface area contributed by atoms with Crippen LogP contribution < -0.4 is 16.2 Å². The van der Waals surface area contributed by atoms with Gasteiger partial charge >= 0.3 is 0 Å². The molecule has 0 saturated carbocycles. The minimum absolute atomic E-state index is 0.209. The van der Waals surface area contributed by atoms with E-state index in [-0.39, 0.29) is 12.0 Å². The molecular weight excluding hydrogens is 389 g/mol. The van der Waals surface area contributed by atoms with Gasteiger partial charge in [0, 0.05) is 16.7 Å². The number of amides is 1. The molecular formula is C13H16IN3O2S. The van der Waals surface area contributed by atoms with E-state index in [2.05, 4.69) is 38.8 Å². The van der Waals surface area contributed by atoms with Gasteiger partial charge in [-0.05, 0) is 59.8 Å². The molecule has 1 aliphatic heterocycles. The van der Waals surface area contributed by atoms with Gasteiger partial charge in [-0.25, -0.2) is 0 Å². The minimum atomic E-state index is -0.212. The third-order valence-electron chi connectivity index (χ3n) is 2.92. The number of hydrazine groups is 1. The molecule has 1 aromatic carbocycles. The largest absolute Gasteiger partial charge is 0.376 e. The molecule has 0 spiro atoms. The summed E-state index contributed by atoms with van der Waals surface area (Å²) in [5.74, 6) is -0.212. The second-order valence-corrected chi connectivity index (χ2v) is 5.97. The quantitative estimate of drug-likeness (QED) is 0.405. The van der Waals surface area contributed by atoms with Crippen LogP contribution in [0.3, 0.4) is 0 Å². The third-order valence-corrected chi connectivity index (χ3v) is 4.11. The van der Waals surface area contributed by atoms with Crippen molar-refractivity contribution in [1.29, 1.82) is 0 Å². The summed E-state index contributed by atoms with van der Waals surface area (Å²) >= 11 is 7.22. The van der Waals surface area contributed by atoms with Gasteiger partial charge in [0.05, 0.1) is 11.7 Å². The first kappa shape index (κ1) is 15.5. The van der Waals surface area contributed by atoms with E-state index in [1.807, 2.05) is 18.2 Å². The molecule has 1 heterocycles. The molecule has 1 aromatic rings. The van der Waals surface area contributed by atoms with Crippen LogP contribution in [0.4, 0.5) is 0 Å².